The minimum Gasteiger partial charge on any atom is -0.396 e. The van der Waals surface area contributed by atoms with Gasteiger partial charge in [-0.05, 0) is 26.0 Å². The Hall–Kier alpha value is -2.37. The Labute approximate surface area is 110 Å². The third kappa shape index (κ3) is 2.29. The fourth-order valence-electron chi connectivity index (χ4n) is 1.87. The van der Waals surface area contributed by atoms with E-state index < -0.39 is 11.7 Å². The maximum atomic E-state index is 13.3. The molecule has 2 aromatic rings. The molecule has 0 atom stereocenters. The minimum atomic E-state index is -0.604. The second-order valence-corrected chi connectivity index (χ2v) is 4.32. The monoisotopic (exact) mass is 262 g/mol. The third-order valence-corrected chi connectivity index (χ3v) is 3.05. The number of carbonyl (C=O) groups excluding carboxylic acids is 1. The van der Waals surface area contributed by atoms with Crippen LogP contribution in [0.15, 0.2) is 18.2 Å². The van der Waals surface area contributed by atoms with Crippen LogP contribution in [0.4, 0.5) is 15.8 Å². The average Bonchev–Trinajstić information content (AvgIpc) is 2.59. The summed E-state index contributed by atoms with van der Waals surface area (Å²) in [6.45, 7) is 3.63. The first-order valence-corrected chi connectivity index (χ1v) is 5.77. The summed E-state index contributed by atoms with van der Waals surface area (Å²) in [6, 6.07) is 4.14. The van der Waals surface area contributed by atoms with Gasteiger partial charge in [-0.2, -0.15) is 5.10 Å². The van der Waals surface area contributed by atoms with Crippen molar-refractivity contribution in [3.8, 4) is 0 Å². The maximum Gasteiger partial charge on any atom is 0.257 e. The molecule has 1 aromatic carbocycles. The Bertz CT molecular complexity index is 648. The van der Waals surface area contributed by atoms with Gasteiger partial charge in [-0.25, -0.2) is 4.39 Å². The number of para-hydroxylation sites is 1. The number of benzene rings is 1. The Morgan fingerprint density at radius 3 is 2.68 bits per heavy atom. The van der Waals surface area contributed by atoms with E-state index in [1.807, 2.05) is 6.92 Å². The van der Waals surface area contributed by atoms with Gasteiger partial charge in [0, 0.05) is 7.05 Å². The fraction of sp³-hybridized carbons (Fsp3) is 0.231. The van der Waals surface area contributed by atoms with E-state index in [1.54, 1.807) is 18.7 Å². The molecule has 0 bridgehead atoms. The molecular weight excluding hydrogens is 247 g/mol. The number of hydrogen-bond donors (Lipinski definition) is 2. The number of hydrogen-bond acceptors (Lipinski definition) is 3. The van der Waals surface area contributed by atoms with Crippen LogP contribution in [0.1, 0.15) is 21.7 Å². The molecule has 100 valence electrons. The smallest absolute Gasteiger partial charge is 0.257 e. The first-order chi connectivity index (χ1) is 8.91. The van der Waals surface area contributed by atoms with E-state index in [1.165, 1.54) is 18.2 Å². The molecule has 2 rings (SSSR count). The highest BCUT2D eigenvalue weighted by molar-refractivity contribution is 6.08. The number of rotatable bonds is 2. The van der Waals surface area contributed by atoms with E-state index in [2.05, 4.69) is 10.4 Å². The van der Waals surface area contributed by atoms with Gasteiger partial charge in [-0.3, -0.25) is 9.48 Å². The van der Waals surface area contributed by atoms with Crippen LogP contribution < -0.4 is 11.1 Å². The van der Waals surface area contributed by atoms with Crippen molar-refractivity contribution in [1.29, 1.82) is 0 Å². The Kier molecular flexibility index (Phi) is 3.25. The van der Waals surface area contributed by atoms with Crippen LogP contribution in [0.3, 0.4) is 0 Å². The number of nitrogens with one attached hydrogen (secondary N) is 1. The Balaban J connectivity index is 2.34. The number of halogens is 1. The number of carbonyl (C=O) groups is 1. The molecule has 0 unspecified atom stereocenters. The largest absolute Gasteiger partial charge is 0.396 e. The molecule has 0 radical (unpaired) electrons. The molecule has 1 amide bonds. The average molecular weight is 262 g/mol. The van der Waals surface area contributed by atoms with Gasteiger partial charge in [0.2, 0.25) is 0 Å². The van der Waals surface area contributed by atoms with Crippen molar-refractivity contribution in [3.63, 3.8) is 0 Å². The van der Waals surface area contributed by atoms with Crippen molar-refractivity contribution in [2.45, 2.75) is 13.8 Å². The van der Waals surface area contributed by atoms with E-state index >= 15 is 0 Å². The number of amides is 1. The molecule has 6 heteroatoms. The summed E-state index contributed by atoms with van der Waals surface area (Å²) in [5.41, 5.74) is 7.66. The Morgan fingerprint density at radius 1 is 1.42 bits per heavy atom. The highest BCUT2D eigenvalue weighted by atomic mass is 19.1. The number of anilines is 2. The molecule has 0 aliphatic rings. The summed E-state index contributed by atoms with van der Waals surface area (Å²) < 4.78 is 15.0. The second-order valence-electron chi connectivity index (χ2n) is 4.32. The van der Waals surface area contributed by atoms with Crippen LogP contribution in [0.5, 0.6) is 0 Å². The van der Waals surface area contributed by atoms with Gasteiger partial charge in [0.1, 0.15) is 5.82 Å². The third-order valence-electron chi connectivity index (χ3n) is 3.05. The summed E-state index contributed by atoms with van der Waals surface area (Å²) in [5, 5.41) is 6.91. The number of nitrogen functional groups attached to an aromatic ring is 1. The summed E-state index contributed by atoms with van der Waals surface area (Å²) in [5.74, 6) is -1.05. The Morgan fingerprint density at radius 2 is 2.11 bits per heavy atom. The van der Waals surface area contributed by atoms with Crippen molar-refractivity contribution in [2.75, 3.05) is 11.1 Å². The highest BCUT2D eigenvalue weighted by Gasteiger charge is 2.16. The predicted molar refractivity (Wildman–Crippen MR) is 71.4 cm³/mol. The molecular formula is C13H15FN4O. The number of nitrogens with zero attached hydrogens (tertiary/aromatic N) is 2. The van der Waals surface area contributed by atoms with Gasteiger partial charge in [-0.1, -0.05) is 6.07 Å². The van der Waals surface area contributed by atoms with Crippen LogP contribution in [0.25, 0.3) is 0 Å². The van der Waals surface area contributed by atoms with Crippen LogP contribution >= 0.6 is 0 Å². The number of nitrogens with two attached hydrogens (primary N) is 1. The lowest BCUT2D eigenvalue weighted by molar-refractivity contribution is 0.102. The van der Waals surface area contributed by atoms with Gasteiger partial charge in [0.25, 0.3) is 5.91 Å². The molecule has 3 N–H and O–H groups in total. The number of aryl methyl sites for hydroxylation is 2. The first-order valence-electron chi connectivity index (χ1n) is 5.77. The highest BCUT2D eigenvalue weighted by Crippen LogP contribution is 2.21. The zero-order valence-electron chi connectivity index (χ0n) is 11.0. The van der Waals surface area contributed by atoms with Crippen molar-refractivity contribution in [2.24, 2.45) is 7.05 Å². The van der Waals surface area contributed by atoms with Crippen molar-refractivity contribution < 1.29 is 9.18 Å². The van der Waals surface area contributed by atoms with E-state index in [0.29, 0.717) is 11.4 Å². The summed E-state index contributed by atoms with van der Waals surface area (Å²) in [6.07, 6.45) is 0. The fourth-order valence-corrected chi connectivity index (χ4v) is 1.87. The van der Waals surface area contributed by atoms with Gasteiger partial charge < -0.3 is 11.1 Å². The second kappa shape index (κ2) is 4.72. The van der Waals surface area contributed by atoms with Gasteiger partial charge >= 0.3 is 0 Å². The van der Waals surface area contributed by atoms with Crippen molar-refractivity contribution >= 4 is 17.3 Å². The summed E-state index contributed by atoms with van der Waals surface area (Å²) in [4.78, 5) is 12.1. The summed E-state index contributed by atoms with van der Waals surface area (Å²) >= 11 is 0. The number of aromatic nitrogens is 2. The van der Waals surface area contributed by atoms with Crippen LogP contribution in [0, 0.1) is 19.7 Å². The molecule has 0 fully saturated rings. The molecule has 5 nitrogen and oxygen atoms in total. The van der Waals surface area contributed by atoms with Crippen molar-refractivity contribution in [3.05, 3.63) is 41.0 Å². The zero-order valence-corrected chi connectivity index (χ0v) is 11.0. The quantitative estimate of drug-likeness (QED) is 0.813. The molecule has 0 spiro atoms. The van der Waals surface area contributed by atoms with E-state index in [9.17, 15) is 9.18 Å². The molecule has 1 heterocycles. The van der Waals surface area contributed by atoms with E-state index in [4.69, 9.17) is 5.73 Å². The lowest BCUT2D eigenvalue weighted by Crippen LogP contribution is -2.15. The maximum absolute atomic E-state index is 13.3. The standard InChI is InChI=1S/C13H15FN4O/c1-7-12(8(2)18(3)17-7)16-13(19)9-5-4-6-10(14)11(9)15/h4-6H,15H2,1-3H3,(H,16,19). The lowest BCUT2D eigenvalue weighted by atomic mass is 10.1. The van der Waals surface area contributed by atoms with Crippen LogP contribution in [-0.2, 0) is 7.05 Å². The molecule has 1 aromatic heterocycles. The molecule has 19 heavy (non-hydrogen) atoms. The van der Waals surface area contributed by atoms with E-state index in [0.717, 1.165) is 5.69 Å². The van der Waals surface area contributed by atoms with Gasteiger partial charge in [-0.15, -0.1) is 0 Å². The molecule has 0 saturated carbocycles. The topological polar surface area (TPSA) is 72.9 Å². The summed E-state index contributed by atoms with van der Waals surface area (Å²) in [7, 11) is 1.79. The first kappa shape index (κ1) is 13.1. The van der Waals surface area contributed by atoms with Gasteiger partial charge in [0.15, 0.2) is 0 Å². The zero-order chi connectivity index (χ0) is 14.2. The predicted octanol–water partition coefficient (Wildman–Crippen LogP) is 2.01. The molecule has 0 aliphatic carbocycles. The minimum absolute atomic E-state index is 0.114. The van der Waals surface area contributed by atoms with Crippen molar-refractivity contribution in [1.82, 2.24) is 9.78 Å². The van der Waals surface area contributed by atoms with Crippen LogP contribution in [-0.4, -0.2) is 15.7 Å². The molecule has 0 saturated heterocycles. The SMILES string of the molecule is Cc1nn(C)c(C)c1NC(=O)c1cccc(F)c1N. The lowest BCUT2D eigenvalue weighted by Gasteiger charge is -2.08. The molecule has 0 aliphatic heterocycles. The van der Waals surface area contributed by atoms with Crippen LogP contribution in [0.2, 0.25) is 0 Å². The van der Waals surface area contributed by atoms with Gasteiger partial charge in [0.05, 0.1) is 28.3 Å². The normalized spacial score (nSPS) is 10.5. The van der Waals surface area contributed by atoms with E-state index in [-0.39, 0.29) is 11.3 Å².